The van der Waals surface area contributed by atoms with E-state index in [1.165, 1.54) is 30.3 Å². The SMILES string of the molecule is CCOC[C@@]12CCN(C(=O)c3cccc(F)c3)C[C@@H]1CN(c1ccc(C#N)c(C(F)(F)F)c1)C2. The number of ether oxygens (including phenoxy) is 1. The fourth-order valence-corrected chi connectivity index (χ4v) is 5.07. The minimum Gasteiger partial charge on any atom is -0.381 e. The van der Waals surface area contributed by atoms with E-state index in [2.05, 4.69) is 0 Å². The van der Waals surface area contributed by atoms with E-state index in [0.717, 1.165) is 6.07 Å². The van der Waals surface area contributed by atoms with E-state index in [9.17, 15) is 22.4 Å². The molecule has 0 aliphatic carbocycles. The highest BCUT2D eigenvalue weighted by Gasteiger charge is 2.50. The van der Waals surface area contributed by atoms with Crippen molar-refractivity contribution in [3.05, 3.63) is 65.0 Å². The van der Waals surface area contributed by atoms with Gasteiger partial charge in [0.2, 0.25) is 0 Å². The lowest BCUT2D eigenvalue weighted by atomic mass is 9.73. The summed E-state index contributed by atoms with van der Waals surface area (Å²) in [7, 11) is 0. The van der Waals surface area contributed by atoms with Crippen molar-refractivity contribution < 1.29 is 27.1 Å². The molecule has 34 heavy (non-hydrogen) atoms. The highest BCUT2D eigenvalue weighted by molar-refractivity contribution is 5.94. The van der Waals surface area contributed by atoms with Gasteiger partial charge in [0.25, 0.3) is 5.91 Å². The number of nitrogens with zero attached hydrogens (tertiary/aromatic N) is 3. The first kappa shape index (κ1) is 24.0. The number of carbonyl (C=O) groups is 1. The summed E-state index contributed by atoms with van der Waals surface area (Å²) >= 11 is 0. The van der Waals surface area contributed by atoms with Crippen molar-refractivity contribution in [1.82, 2.24) is 4.90 Å². The number of fused-ring (bicyclic) bond motifs is 1. The van der Waals surface area contributed by atoms with Crippen LogP contribution >= 0.6 is 0 Å². The Balaban J connectivity index is 1.60. The first-order valence-corrected chi connectivity index (χ1v) is 11.2. The number of amides is 1. The molecule has 0 aromatic heterocycles. The molecule has 2 aromatic rings. The second-order valence-corrected chi connectivity index (χ2v) is 8.93. The minimum absolute atomic E-state index is 0.0321. The number of likely N-dealkylation sites (tertiary alicyclic amines) is 1. The molecule has 2 atom stereocenters. The molecule has 2 heterocycles. The fourth-order valence-electron chi connectivity index (χ4n) is 5.07. The van der Waals surface area contributed by atoms with Crippen molar-refractivity contribution in [1.29, 1.82) is 5.26 Å². The molecular weight excluding hydrogens is 450 g/mol. The molecule has 2 aliphatic rings. The van der Waals surface area contributed by atoms with Gasteiger partial charge in [0.15, 0.2) is 0 Å². The number of hydrogen-bond acceptors (Lipinski definition) is 4. The quantitative estimate of drug-likeness (QED) is 0.588. The van der Waals surface area contributed by atoms with Crippen LogP contribution < -0.4 is 4.90 Å². The van der Waals surface area contributed by atoms with Gasteiger partial charge in [-0.15, -0.1) is 0 Å². The van der Waals surface area contributed by atoms with Crippen LogP contribution in [0, 0.1) is 28.5 Å². The number of rotatable bonds is 5. The number of nitriles is 1. The van der Waals surface area contributed by atoms with Crippen molar-refractivity contribution in [2.75, 3.05) is 44.3 Å². The molecule has 0 unspecified atom stereocenters. The highest BCUT2D eigenvalue weighted by atomic mass is 19.4. The van der Waals surface area contributed by atoms with Gasteiger partial charge in [0, 0.05) is 55.4 Å². The molecule has 5 nitrogen and oxygen atoms in total. The van der Waals surface area contributed by atoms with Crippen LogP contribution in [0.2, 0.25) is 0 Å². The summed E-state index contributed by atoms with van der Waals surface area (Å²) in [5.41, 5.74) is -1.03. The standard InChI is InChI=1S/C25H25F4N3O2/c1-2-34-16-24-8-9-31(23(33)17-4-3-5-20(26)10-17)13-19(24)14-32(15-24)21-7-6-18(12-30)22(11-21)25(27,28)29/h3-7,10-11,19H,2,8-9,13-16H2,1H3/t19-,24+/m1/s1. The van der Waals surface area contributed by atoms with Crippen molar-refractivity contribution in [3.63, 3.8) is 0 Å². The largest absolute Gasteiger partial charge is 0.417 e. The van der Waals surface area contributed by atoms with Crippen molar-refractivity contribution in [2.45, 2.75) is 19.5 Å². The number of halogens is 4. The summed E-state index contributed by atoms with van der Waals surface area (Å²) in [4.78, 5) is 16.6. The van der Waals surface area contributed by atoms with Gasteiger partial charge in [-0.1, -0.05) is 6.07 Å². The Morgan fingerprint density at radius 2 is 2.03 bits per heavy atom. The van der Waals surface area contributed by atoms with Crippen LogP contribution in [0.1, 0.15) is 34.8 Å². The Hall–Kier alpha value is -3.12. The van der Waals surface area contributed by atoms with E-state index in [4.69, 9.17) is 10.00 Å². The van der Waals surface area contributed by atoms with Crippen LogP contribution in [0.5, 0.6) is 0 Å². The van der Waals surface area contributed by atoms with Crippen molar-refractivity contribution >= 4 is 11.6 Å². The number of benzene rings is 2. The number of carbonyl (C=O) groups excluding carboxylic acids is 1. The number of hydrogen-bond donors (Lipinski definition) is 0. The molecule has 0 radical (unpaired) electrons. The Bertz CT molecular complexity index is 1110. The molecule has 0 bridgehead atoms. The Labute approximate surface area is 195 Å². The van der Waals surface area contributed by atoms with Gasteiger partial charge >= 0.3 is 6.18 Å². The number of alkyl halides is 3. The molecule has 2 aromatic carbocycles. The van der Waals surface area contributed by atoms with Crippen LogP contribution in [0.25, 0.3) is 0 Å². The summed E-state index contributed by atoms with van der Waals surface area (Å²) in [6.45, 7) is 4.63. The summed E-state index contributed by atoms with van der Waals surface area (Å²) < 4.78 is 59.9. The van der Waals surface area contributed by atoms with E-state index in [-0.39, 0.29) is 22.8 Å². The predicted molar refractivity (Wildman–Crippen MR) is 118 cm³/mol. The summed E-state index contributed by atoms with van der Waals surface area (Å²) in [6, 6.07) is 10.9. The van der Waals surface area contributed by atoms with E-state index >= 15 is 0 Å². The third kappa shape index (κ3) is 4.60. The van der Waals surface area contributed by atoms with Crippen LogP contribution in [-0.4, -0.2) is 50.2 Å². The zero-order chi connectivity index (χ0) is 24.5. The first-order valence-electron chi connectivity index (χ1n) is 11.2. The van der Waals surface area contributed by atoms with Gasteiger partial charge in [0.1, 0.15) is 5.82 Å². The summed E-state index contributed by atoms with van der Waals surface area (Å²) in [5.74, 6) is -0.780. The lowest BCUT2D eigenvalue weighted by Crippen LogP contribution is -2.51. The van der Waals surface area contributed by atoms with Gasteiger partial charge in [-0.3, -0.25) is 4.79 Å². The lowest BCUT2D eigenvalue weighted by molar-refractivity contribution is -0.137. The maximum atomic E-state index is 13.6. The highest BCUT2D eigenvalue weighted by Crippen LogP contribution is 2.45. The molecule has 0 saturated carbocycles. The monoisotopic (exact) mass is 475 g/mol. The average molecular weight is 475 g/mol. The molecule has 4 rings (SSSR count). The van der Waals surface area contributed by atoms with Gasteiger partial charge < -0.3 is 14.5 Å². The molecule has 2 aliphatic heterocycles. The summed E-state index contributed by atoms with van der Waals surface area (Å²) in [6.07, 6.45) is -4.01. The minimum atomic E-state index is -4.63. The average Bonchev–Trinajstić information content (AvgIpc) is 3.20. The molecule has 2 fully saturated rings. The Morgan fingerprint density at radius 1 is 1.24 bits per heavy atom. The third-order valence-corrected chi connectivity index (χ3v) is 6.88. The zero-order valence-electron chi connectivity index (χ0n) is 18.7. The second kappa shape index (κ2) is 9.26. The normalized spacial score (nSPS) is 22.4. The number of anilines is 1. The fraction of sp³-hybridized carbons (Fsp3) is 0.440. The van der Waals surface area contributed by atoms with Gasteiger partial charge in [0.05, 0.1) is 23.8 Å². The first-order chi connectivity index (χ1) is 16.2. The van der Waals surface area contributed by atoms with Crippen LogP contribution in [0.4, 0.5) is 23.2 Å². The lowest BCUT2D eigenvalue weighted by Gasteiger charge is -2.43. The molecule has 0 N–H and O–H groups in total. The van der Waals surface area contributed by atoms with E-state index < -0.39 is 23.1 Å². The topological polar surface area (TPSA) is 56.6 Å². The smallest absolute Gasteiger partial charge is 0.381 e. The van der Waals surface area contributed by atoms with Crippen molar-refractivity contribution in [3.8, 4) is 6.07 Å². The van der Waals surface area contributed by atoms with E-state index in [0.29, 0.717) is 51.5 Å². The van der Waals surface area contributed by atoms with E-state index in [1.54, 1.807) is 17.0 Å². The summed E-state index contributed by atoms with van der Waals surface area (Å²) in [5, 5.41) is 9.10. The maximum absolute atomic E-state index is 13.6. The van der Waals surface area contributed by atoms with E-state index in [1.807, 2.05) is 11.8 Å². The molecule has 1 amide bonds. The zero-order valence-corrected chi connectivity index (χ0v) is 18.7. The van der Waals surface area contributed by atoms with Gasteiger partial charge in [-0.05, 0) is 49.7 Å². The van der Waals surface area contributed by atoms with Crippen LogP contribution in [0.15, 0.2) is 42.5 Å². The molecule has 2 saturated heterocycles. The molecular formula is C25H25F4N3O2. The molecule has 9 heteroatoms. The van der Waals surface area contributed by atoms with Crippen LogP contribution in [0.3, 0.4) is 0 Å². The second-order valence-electron chi connectivity index (χ2n) is 8.93. The maximum Gasteiger partial charge on any atom is 0.417 e. The Kier molecular flexibility index (Phi) is 6.54. The van der Waals surface area contributed by atoms with Crippen LogP contribution in [-0.2, 0) is 10.9 Å². The van der Waals surface area contributed by atoms with Crippen molar-refractivity contribution in [2.24, 2.45) is 11.3 Å². The Morgan fingerprint density at radius 3 is 2.71 bits per heavy atom. The molecule has 180 valence electrons. The third-order valence-electron chi connectivity index (χ3n) is 6.88. The molecule has 0 spiro atoms. The van der Waals surface area contributed by atoms with Gasteiger partial charge in [-0.2, -0.15) is 18.4 Å². The number of piperidine rings is 1. The predicted octanol–water partition coefficient (Wildman–Crippen LogP) is 4.72. The van der Waals surface area contributed by atoms with Gasteiger partial charge in [-0.25, -0.2) is 4.39 Å².